The van der Waals surface area contributed by atoms with E-state index in [2.05, 4.69) is 56.4 Å². The number of anilines is 1. The Kier molecular flexibility index (Phi) is 5.05. The lowest BCUT2D eigenvalue weighted by molar-refractivity contribution is 0.317. The molecular weight excluding hydrogens is 246 g/mol. The van der Waals surface area contributed by atoms with Gasteiger partial charge in [-0.05, 0) is 61.2 Å². The number of aryl methyl sites for hydroxylation is 2. The number of hydrogen-bond acceptors (Lipinski definition) is 2. The maximum absolute atomic E-state index is 5.58. The first-order valence-electron chi connectivity index (χ1n) is 7.22. The van der Waals surface area contributed by atoms with Gasteiger partial charge in [0, 0.05) is 12.2 Å². The van der Waals surface area contributed by atoms with E-state index in [1.54, 1.807) is 0 Å². The molecule has 106 valence electrons. The van der Waals surface area contributed by atoms with Gasteiger partial charge in [-0.15, -0.1) is 0 Å². The average molecular weight is 269 g/mol. The van der Waals surface area contributed by atoms with Gasteiger partial charge in [-0.2, -0.15) is 0 Å². The van der Waals surface area contributed by atoms with E-state index in [0.29, 0.717) is 0 Å². The molecule has 0 fully saturated rings. The van der Waals surface area contributed by atoms with Crippen LogP contribution in [0, 0.1) is 13.8 Å². The van der Waals surface area contributed by atoms with Gasteiger partial charge in [-0.1, -0.05) is 25.1 Å². The molecule has 0 atom stereocenters. The Morgan fingerprint density at radius 3 is 2.35 bits per heavy atom. The third kappa shape index (κ3) is 4.02. The van der Waals surface area contributed by atoms with Gasteiger partial charge in [-0.3, -0.25) is 0 Å². The molecule has 0 aliphatic heterocycles. The molecule has 2 aromatic rings. The van der Waals surface area contributed by atoms with Gasteiger partial charge in [-0.25, -0.2) is 0 Å². The highest BCUT2D eigenvalue weighted by molar-refractivity contribution is 5.48. The molecule has 2 rings (SSSR count). The summed E-state index contributed by atoms with van der Waals surface area (Å²) in [6, 6.07) is 14.8. The smallest absolute Gasteiger partial charge is 0.119 e. The molecule has 1 N–H and O–H groups in total. The van der Waals surface area contributed by atoms with Crippen molar-refractivity contribution in [3.8, 4) is 5.75 Å². The lowest BCUT2D eigenvalue weighted by Crippen LogP contribution is -2.00. The van der Waals surface area contributed by atoms with E-state index in [4.69, 9.17) is 4.74 Å². The Bertz CT molecular complexity index is 546. The predicted molar refractivity (Wildman–Crippen MR) is 85.5 cm³/mol. The molecule has 2 nitrogen and oxygen atoms in total. The van der Waals surface area contributed by atoms with Gasteiger partial charge in [0.15, 0.2) is 0 Å². The number of rotatable bonds is 6. The van der Waals surface area contributed by atoms with Gasteiger partial charge >= 0.3 is 0 Å². The van der Waals surface area contributed by atoms with Crippen molar-refractivity contribution >= 4 is 5.69 Å². The van der Waals surface area contributed by atoms with E-state index in [-0.39, 0.29) is 0 Å². The summed E-state index contributed by atoms with van der Waals surface area (Å²) in [5.74, 6) is 0.946. The summed E-state index contributed by atoms with van der Waals surface area (Å²) < 4.78 is 5.58. The molecule has 2 aromatic carbocycles. The van der Waals surface area contributed by atoms with E-state index in [1.807, 2.05) is 12.1 Å². The van der Waals surface area contributed by atoms with Crippen molar-refractivity contribution in [2.75, 3.05) is 11.9 Å². The molecule has 0 radical (unpaired) electrons. The summed E-state index contributed by atoms with van der Waals surface area (Å²) >= 11 is 0. The second-order valence-corrected chi connectivity index (χ2v) is 5.15. The minimum atomic E-state index is 0.778. The first-order valence-corrected chi connectivity index (χ1v) is 7.22. The second kappa shape index (κ2) is 6.99. The predicted octanol–water partition coefficient (Wildman–Crippen LogP) is 4.70. The number of ether oxygens (including phenoxy) is 1. The third-order valence-electron chi connectivity index (χ3n) is 3.40. The minimum Gasteiger partial charge on any atom is -0.494 e. The molecule has 0 spiro atoms. The molecule has 0 aromatic heterocycles. The monoisotopic (exact) mass is 269 g/mol. The van der Waals surface area contributed by atoms with Crippen molar-refractivity contribution in [2.24, 2.45) is 0 Å². The Morgan fingerprint density at radius 1 is 0.950 bits per heavy atom. The van der Waals surface area contributed by atoms with E-state index in [9.17, 15) is 0 Å². The van der Waals surface area contributed by atoms with E-state index in [0.717, 1.165) is 25.3 Å². The fourth-order valence-corrected chi connectivity index (χ4v) is 1.98. The fraction of sp³-hybridized carbons (Fsp3) is 0.333. The Hall–Kier alpha value is -1.96. The lowest BCUT2D eigenvalue weighted by atomic mass is 10.1. The highest BCUT2D eigenvalue weighted by Gasteiger charge is 1.98. The van der Waals surface area contributed by atoms with Crippen LogP contribution in [-0.2, 0) is 6.54 Å². The summed E-state index contributed by atoms with van der Waals surface area (Å²) in [6.45, 7) is 7.99. The van der Waals surface area contributed by atoms with Crippen LogP contribution in [0.1, 0.15) is 30.0 Å². The van der Waals surface area contributed by atoms with Gasteiger partial charge in [0.1, 0.15) is 5.75 Å². The molecule has 0 heterocycles. The quantitative estimate of drug-likeness (QED) is 0.820. The molecular formula is C18H23NO. The van der Waals surface area contributed by atoms with E-state index >= 15 is 0 Å². The molecule has 0 saturated heterocycles. The normalized spacial score (nSPS) is 10.3. The minimum absolute atomic E-state index is 0.778. The molecule has 20 heavy (non-hydrogen) atoms. The molecule has 2 heteroatoms. The highest BCUT2D eigenvalue weighted by atomic mass is 16.5. The molecule has 0 bridgehead atoms. The zero-order valence-electron chi connectivity index (χ0n) is 12.6. The fourth-order valence-electron chi connectivity index (χ4n) is 1.98. The summed E-state index contributed by atoms with van der Waals surface area (Å²) in [5, 5.41) is 3.45. The Balaban J connectivity index is 1.91. The number of benzene rings is 2. The Morgan fingerprint density at radius 2 is 1.70 bits per heavy atom. The van der Waals surface area contributed by atoms with Crippen molar-refractivity contribution < 1.29 is 4.74 Å². The van der Waals surface area contributed by atoms with Crippen molar-refractivity contribution in [3.05, 3.63) is 59.2 Å². The van der Waals surface area contributed by atoms with Gasteiger partial charge < -0.3 is 10.1 Å². The molecule has 0 unspecified atom stereocenters. The largest absolute Gasteiger partial charge is 0.494 e. The maximum atomic E-state index is 5.58. The molecule has 0 aliphatic carbocycles. The van der Waals surface area contributed by atoms with Crippen molar-refractivity contribution in [1.82, 2.24) is 0 Å². The molecule has 0 aliphatic rings. The second-order valence-electron chi connectivity index (χ2n) is 5.15. The third-order valence-corrected chi connectivity index (χ3v) is 3.40. The standard InChI is InChI=1S/C18H23NO/c1-4-11-20-18-9-6-16(7-10-18)13-19-17-8-5-14(2)15(3)12-17/h5-10,12,19H,4,11,13H2,1-3H3. The zero-order chi connectivity index (χ0) is 14.4. The first-order chi connectivity index (χ1) is 9.69. The number of hydrogen-bond donors (Lipinski definition) is 1. The van der Waals surface area contributed by atoms with E-state index in [1.165, 1.54) is 22.4 Å². The summed E-state index contributed by atoms with van der Waals surface area (Å²) in [6.07, 6.45) is 1.04. The van der Waals surface area contributed by atoms with Crippen molar-refractivity contribution in [2.45, 2.75) is 33.7 Å². The summed E-state index contributed by atoms with van der Waals surface area (Å²) in [4.78, 5) is 0. The lowest BCUT2D eigenvalue weighted by Gasteiger charge is -2.10. The zero-order valence-corrected chi connectivity index (χ0v) is 12.6. The average Bonchev–Trinajstić information content (AvgIpc) is 2.47. The SMILES string of the molecule is CCCOc1ccc(CNc2ccc(C)c(C)c2)cc1. The van der Waals surface area contributed by atoms with Crippen LogP contribution >= 0.6 is 0 Å². The van der Waals surface area contributed by atoms with Crippen LogP contribution < -0.4 is 10.1 Å². The van der Waals surface area contributed by atoms with Crippen LogP contribution in [0.3, 0.4) is 0 Å². The van der Waals surface area contributed by atoms with E-state index < -0.39 is 0 Å². The van der Waals surface area contributed by atoms with Crippen LogP contribution in [-0.4, -0.2) is 6.61 Å². The van der Waals surface area contributed by atoms with Crippen molar-refractivity contribution in [1.29, 1.82) is 0 Å². The van der Waals surface area contributed by atoms with Crippen LogP contribution in [0.5, 0.6) is 5.75 Å². The highest BCUT2D eigenvalue weighted by Crippen LogP contribution is 2.17. The van der Waals surface area contributed by atoms with Crippen LogP contribution in [0.15, 0.2) is 42.5 Å². The molecule has 0 amide bonds. The first kappa shape index (κ1) is 14.4. The molecule has 0 saturated carbocycles. The number of nitrogens with one attached hydrogen (secondary N) is 1. The van der Waals surface area contributed by atoms with Gasteiger partial charge in [0.05, 0.1) is 6.61 Å². The summed E-state index contributed by atoms with van der Waals surface area (Å²) in [5.41, 5.74) is 5.07. The van der Waals surface area contributed by atoms with Gasteiger partial charge in [0.25, 0.3) is 0 Å². The Labute approximate surface area is 121 Å². The topological polar surface area (TPSA) is 21.3 Å². The van der Waals surface area contributed by atoms with Crippen LogP contribution in [0.4, 0.5) is 5.69 Å². The van der Waals surface area contributed by atoms with Crippen LogP contribution in [0.2, 0.25) is 0 Å². The van der Waals surface area contributed by atoms with Crippen molar-refractivity contribution in [3.63, 3.8) is 0 Å². The maximum Gasteiger partial charge on any atom is 0.119 e. The van der Waals surface area contributed by atoms with Gasteiger partial charge in [0.2, 0.25) is 0 Å². The van der Waals surface area contributed by atoms with Crippen LogP contribution in [0.25, 0.3) is 0 Å². The summed E-state index contributed by atoms with van der Waals surface area (Å²) in [7, 11) is 0.